The van der Waals surface area contributed by atoms with Gasteiger partial charge in [-0.05, 0) is 25.4 Å². The Balaban J connectivity index is 2.05. The molecule has 0 aromatic carbocycles. The third-order valence-corrected chi connectivity index (χ3v) is 4.30. The van der Waals surface area contributed by atoms with Crippen LogP contribution in [-0.4, -0.2) is 53.6 Å². The van der Waals surface area contributed by atoms with Gasteiger partial charge >= 0.3 is 0 Å². The maximum Gasteiger partial charge on any atom is 0.0960 e. The highest BCUT2D eigenvalue weighted by molar-refractivity contribution is 8.23. The van der Waals surface area contributed by atoms with E-state index < -0.39 is 0 Å². The van der Waals surface area contributed by atoms with Crippen LogP contribution >= 0.6 is 24.0 Å². The molecule has 0 N–H and O–H groups in total. The Hall–Kier alpha value is -0.650. The molecular formula is C12H17N3S2. The fourth-order valence-corrected chi connectivity index (χ4v) is 2.31. The molecule has 0 amide bonds. The third-order valence-electron chi connectivity index (χ3n) is 3.01. The summed E-state index contributed by atoms with van der Waals surface area (Å²) in [5, 5.41) is 0. The molecule has 5 heteroatoms. The van der Waals surface area contributed by atoms with Crippen molar-refractivity contribution in [1.29, 1.82) is 0 Å². The minimum atomic E-state index is 0.856. The standard InChI is InChI=1S/C12H17N3S2/c1-14-5-7-15(8-6-14)10-3-4-11(13-9-10)12(16)17-2/h3-4,9H,5-8H2,1-2H3. The molecule has 0 radical (unpaired) electrons. The summed E-state index contributed by atoms with van der Waals surface area (Å²) in [5.41, 5.74) is 2.11. The first-order valence-corrected chi connectivity index (χ1v) is 7.32. The molecule has 1 fully saturated rings. The number of hydrogen-bond donors (Lipinski definition) is 0. The van der Waals surface area contributed by atoms with Crippen LogP contribution in [0.2, 0.25) is 0 Å². The van der Waals surface area contributed by atoms with Gasteiger partial charge in [0.15, 0.2) is 0 Å². The molecule has 0 atom stereocenters. The molecular weight excluding hydrogens is 250 g/mol. The Labute approximate surface area is 112 Å². The van der Waals surface area contributed by atoms with Gasteiger partial charge in [-0.1, -0.05) is 12.2 Å². The molecule has 0 spiro atoms. The lowest BCUT2D eigenvalue weighted by atomic mass is 10.2. The first-order valence-electron chi connectivity index (χ1n) is 5.68. The molecule has 1 aromatic rings. The fourth-order valence-electron chi connectivity index (χ4n) is 1.86. The van der Waals surface area contributed by atoms with Crippen molar-refractivity contribution < 1.29 is 0 Å². The summed E-state index contributed by atoms with van der Waals surface area (Å²) in [6.07, 6.45) is 3.92. The van der Waals surface area contributed by atoms with Crippen LogP contribution in [0.3, 0.4) is 0 Å². The highest BCUT2D eigenvalue weighted by atomic mass is 32.2. The van der Waals surface area contributed by atoms with Crippen LogP contribution < -0.4 is 4.90 Å². The van der Waals surface area contributed by atoms with Gasteiger partial charge in [0.1, 0.15) is 0 Å². The SMILES string of the molecule is CSC(=S)c1ccc(N2CCN(C)CC2)cn1. The fraction of sp³-hybridized carbons (Fsp3) is 0.500. The predicted molar refractivity (Wildman–Crippen MR) is 79.2 cm³/mol. The summed E-state index contributed by atoms with van der Waals surface area (Å²) < 4.78 is 0.856. The number of thiocarbonyl (C=S) groups is 1. The van der Waals surface area contributed by atoms with Gasteiger partial charge < -0.3 is 9.80 Å². The first-order chi connectivity index (χ1) is 8.20. The van der Waals surface area contributed by atoms with Gasteiger partial charge in [-0.2, -0.15) is 0 Å². The topological polar surface area (TPSA) is 19.4 Å². The van der Waals surface area contributed by atoms with E-state index in [9.17, 15) is 0 Å². The first kappa shape index (κ1) is 12.8. The van der Waals surface area contributed by atoms with E-state index in [1.54, 1.807) is 11.8 Å². The Morgan fingerprint density at radius 2 is 2.00 bits per heavy atom. The van der Waals surface area contributed by atoms with E-state index >= 15 is 0 Å². The van der Waals surface area contributed by atoms with Gasteiger partial charge in [-0.25, -0.2) is 0 Å². The van der Waals surface area contributed by atoms with Crippen LogP contribution in [0.5, 0.6) is 0 Å². The predicted octanol–water partition coefficient (Wildman–Crippen LogP) is 1.87. The van der Waals surface area contributed by atoms with Crippen LogP contribution in [0.1, 0.15) is 5.69 Å². The molecule has 0 unspecified atom stereocenters. The Morgan fingerprint density at radius 3 is 2.53 bits per heavy atom. The number of pyridine rings is 1. The van der Waals surface area contributed by atoms with Crippen molar-refractivity contribution in [2.45, 2.75) is 0 Å². The Morgan fingerprint density at radius 1 is 1.29 bits per heavy atom. The minimum Gasteiger partial charge on any atom is -0.368 e. The van der Waals surface area contributed by atoms with Gasteiger partial charge in [0.25, 0.3) is 0 Å². The molecule has 1 aliphatic heterocycles. The van der Waals surface area contributed by atoms with E-state index in [0.29, 0.717) is 0 Å². The lowest BCUT2D eigenvalue weighted by molar-refractivity contribution is 0.313. The second-order valence-corrected chi connectivity index (χ2v) is 5.67. The van der Waals surface area contributed by atoms with Crippen molar-refractivity contribution >= 4 is 33.9 Å². The van der Waals surface area contributed by atoms with Crippen LogP contribution in [0.4, 0.5) is 5.69 Å². The minimum absolute atomic E-state index is 0.856. The number of hydrogen-bond acceptors (Lipinski definition) is 5. The number of likely N-dealkylation sites (N-methyl/N-ethyl adjacent to an activating group) is 1. The largest absolute Gasteiger partial charge is 0.368 e. The van der Waals surface area contributed by atoms with Crippen LogP contribution in [0.15, 0.2) is 18.3 Å². The molecule has 0 saturated carbocycles. The molecule has 0 aliphatic carbocycles. The lowest BCUT2D eigenvalue weighted by Crippen LogP contribution is -2.44. The average Bonchev–Trinajstić information content (AvgIpc) is 2.39. The van der Waals surface area contributed by atoms with Crippen molar-refractivity contribution in [3.8, 4) is 0 Å². The molecule has 1 saturated heterocycles. The van der Waals surface area contributed by atoms with Gasteiger partial charge in [0, 0.05) is 26.2 Å². The molecule has 92 valence electrons. The molecule has 0 bridgehead atoms. The lowest BCUT2D eigenvalue weighted by Gasteiger charge is -2.33. The summed E-state index contributed by atoms with van der Waals surface area (Å²) in [6.45, 7) is 4.38. The molecule has 3 nitrogen and oxygen atoms in total. The number of nitrogens with zero attached hydrogens (tertiary/aromatic N) is 3. The van der Waals surface area contributed by atoms with Crippen molar-refractivity contribution in [2.24, 2.45) is 0 Å². The van der Waals surface area contributed by atoms with E-state index in [1.165, 1.54) is 5.69 Å². The van der Waals surface area contributed by atoms with E-state index in [-0.39, 0.29) is 0 Å². The number of thioether (sulfide) groups is 1. The van der Waals surface area contributed by atoms with Gasteiger partial charge in [0.05, 0.1) is 21.8 Å². The van der Waals surface area contributed by atoms with Gasteiger partial charge in [0.2, 0.25) is 0 Å². The molecule has 2 rings (SSSR count). The second kappa shape index (κ2) is 5.80. The molecule has 2 heterocycles. The van der Waals surface area contributed by atoms with Crippen LogP contribution in [-0.2, 0) is 0 Å². The van der Waals surface area contributed by atoms with E-state index in [0.717, 1.165) is 36.1 Å². The summed E-state index contributed by atoms with van der Waals surface area (Å²) in [5.74, 6) is 0. The maximum atomic E-state index is 5.22. The molecule has 1 aliphatic rings. The number of anilines is 1. The zero-order valence-electron chi connectivity index (χ0n) is 10.2. The van der Waals surface area contributed by atoms with Crippen LogP contribution in [0.25, 0.3) is 0 Å². The zero-order valence-corrected chi connectivity index (χ0v) is 11.9. The van der Waals surface area contributed by atoms with Crippen molar-refractivity contribution in [3.05, 3.63) is 24.0 Å². The zero-order chi connectivity index (χ0) is 12.3. The summed E-state index contributed by atoms with van der Waals surface area (Å²) >= 11 is 6.79. The monoisotopic (exact) mass is 267 g/mol. The summed E-state index contributed by atoms with van der Waals surface area (Å²) in [6, 6.07) is 4.14. The van der Waals surface area contributed by atoms with Crippen LogP contribution in [0, 0.1) is 0 Å². The molecule has 1 aromatic heterocycles. The number of rotatable bonds is 2. The van der Waals surface area contributed by atoms with Gasteiger partial charge in [-0.15, -0.1) is 11.8 Å². The summed E-state index contributed by atoms with van der Waals surface area (Å²) in [7, 11) is 2.16. The normalized spacial score (nSPS) is 17.2. The van der Waals surface area contributed by atoms with Crippen molar-refractivity contribution in [1.82, 2.24) is 9.88 Å². The number of aromatic nitrogens is 1. The average molecular weight is 267 g/mol. The maximum absolute atomic E-state index is 5.22. The van der Waals surface area contributed by atoms with E-state index in [1.807, 2.05) is 18.5 Å². The molecule has 17 heavy (non-hydrogen) atoms. The quantitative estimate of drug-likeness (QED) is 0.760. The highest BCUT2D eigenvalue weighted by Gasteiger charge is 2.14. The van der Waals surface area contributed by atoms with E-state index in [2.05, 4.69) is 27.9 Å². The number of piperazine rings is 1. The second-order valence-electron chi connectivity index (χ2n) is 4.18. The Kier molecular flexibility index (Phi) is 4.36. The smallest absolute Gasteiger partial charge is 0.0960 e. The Bertz CT molecular complexity index is 383. The van der Waals surface area contributed by atoms with Gasteiger partial charge in [-0.3, -0.25) is 4.98 Å². The highest BCUT2D eigenvalue weighted by Crippen LogP contribution is 2.17. The van der Waals surface area contributed by atoms with E-state index in [4.69, 9.17) is 12.2 Å². The van der Waals surface area contributed by atoms with Crippen molar-refractivity contribution in [3.63, 3.8) is 0 Å². The third kappa shape index (κ3) is 3.18. The van der Waals surface area contributed by atoms with Crippen molar-refractivity contribution in [2.75, 3.05) is 44.4 Å². The summed E-state index contributed by atoms with van der Waals surface area (Å²) in [4.78, 5) is 9.15.